The molecule has 0 bridgehead atoms. The summed E-state index contributed by atoms with van der Waals surface area (Å²) in [5, 5.41) is 2.72. The quantitative estimate of drug-likeness (QED) is 0.368. The van der Waals surface area contributed by atoms with Crippen molar-refractivity contribution in [1.82, 2.24) is 5.32 Å². The standard InChI is InChI=1S/C26H29FN2O6S/c1-33-20-11-13-21(14-12-20)36(31,32)29(23-9-5-4-8-22(23)27)18-26(30)28-16-6-7-19-10-15-24(34-2)25(17-19)35-3/h4-5,8-15,17H,6-7,16,18H2,1-3H3,(H,28,30). The Bertz CT molecular complexity index is 1280. The monoisotopic (exact) mass is 516 g/mol. The van der Waals surface area contributed by atoms with Crippen molar-refractivity contribution in [3.05, 3.63) is 78.1 Å². The van der Waals surface area contributed by atoms with Crippen molar-refractivity contribution in [2.75, 3.05) is 38.7 Å². The molecule has 192 valence electrons. The minimum Gasteiger partial charge on any atom is -0.497 e. The summed E-state index contributed by atoms with van der Waals surface area (Å²) in [7, 11) is 0.350. The maximum absolute atomic E-state index is 14.6. The Labute approximate surface area is 210 Å². The molecule has 36 heavy (non-hydrogen) atoms. The second-order valence-corrected chi connectivity index (χ2v) is 9.64. The first-order chi connectivity index (χ1) is 17.3. The molecule has 10 heteroatoms. The summed E-state index contributed by atoms with van der Waals surface area (Å²) < 4.78 is 57.7. The van der Waals surface area contributed by atoms with E-state index in [9.17, 15) is 17.6 Å². The minimum absolute atomic E-state index is 0.0900. The number of halogens is 1. The van der Waals surface area contributed by atoms with Crippen LogP contribution in [0.25, 0.3) is 0 Å². The van der Waals surface area contributed by atoms with Gasteiger partial charge in [0.25, 0.3) is 10.0 Å². The van der Waals surface area contributed by atoms with Crippen molar-refractivity contribution >= 4 is 21.6 Å². The van der Waals surface area contributed by atoms with Crippen LogP contribution in [0.5, 0.6) is 17.2 Å². The number of rotatable bonds is 12. The van der Waals surface area contributed by atoms with Gasteiger partial charge in [-0.05, 0) is 66.9 Å². The normalized spacial score (nSPS) is 11.0. The van der Waals surface area contributed by atoms with Crippen molar-refractivity contribution in [3.63, 3.8) is 0 Å². The molecule has 0 fully saturated rings. The molecule has 3 rings (SSSR count). The topological polar surface area (TPSA) is 94.2 Å². The lowest BCUT2D eigenvalue weighted by molar-refractivity contribution is -0.119. The van der Waals surface area contributed by atoms with Crippen LogP contribution in [-0.2, 0) is 21.2 Å². The summed E-state index contributed by atoms with van der Waals surface area (Å²) >= 11 is 0. The number of amides is 1. The third-order valence-electron chi connectivity index (χ3n) is 5.47. The smallest absolute Gasteiger partial charge is 0.264 e. The Hall–Kier alpha value is -3.79. The highest BCUT2D eigenvalue weighted by atomic mass is 32.2. The third kappa shape index (κ3) is 6.45. The number of nitrogens with one attached hydrogen (secondary N) is 1. The van der Waals surface area contributed by atoms with E-state index >= 15 is 0 Å². The fraction of sp³-hybridized carbons (Fsp3) is 0.269. The van der Waals surface area contributed by atoms with Crippen LogP contribution in [0.1, 0.15) is 12.0 Å². The van der Waals surface area contributed by atoms with Crippen LogP contribution in [0.2, 0.25) is 0 Å². The Kier molecular flexibility index (Phi) is 9.13. The number of benzene rings is 3. The molecule has 3 aromatic carbocycles. The van der Waals surface area contributed by atoms with Crippen LogP contribution in [0.4, 0.5) is 10.1 Å². The molecule has 1 amide bonds. The molecule has 0 atom stereocenters. The van der Waals surface area contributed by atoms with Gasteiger partial charge in [0, 0.05) is 6.54 Å². The van der Waals surface area contributed by atoms with Gasteiger partial charge in [-0.3, -0.25) is 9.10 Å². The molecular formula is C26H29FN2O6S. The molecule has 0 aliphatic carbocycles. The zero-order valence-corrected chi connectivity index (χ0v) is 21.2. The summed E-state index contributed by atoms with van der Waals surface area (Å²) in [6.07, 6.45) is 1.26. The Morgan fingerprint density at radius 3 is 2.25 bits per heavy atom. The van der Waals surface area contributed by atoms with Gasteiger partial charge in [0.1, 0.15) is 18.1 Å². The maximum atomic E-state index is 14.6. The van der Waals surface area contributed by atoms with Gasteiger partial charge in [-0.15, -0.1) is 0 Å². The zero-order valence-electron chi connectivity index (χ0n) is 20.4. The maximum Gasteiger partial charge on any atom is 0.264 e. The highest BCUT2D eigenvalue weighted by molar-refractivity contribution is 7.92. The van der Waals surface area contributed by atoms with E-state index in [1.807, 2.05) is 18.2 Å². The van der Waals surface area contributed by atoms with Gasteiger partial charge in [0.05, 0.1) is 31.9 Å². The fourth-order valence-corrected chi connectivity index (χ4v) is 5.00. The SMILES string of the molecule is COc1ccc(S(=O)(=O)N(CC(=O)NCCCc2ccc(OC)c(OC)c2)c2ccccc2F)cc1. The molecule has 0 aromatic heterocycles. The van der Waals surface area contributed by atoms with Crippen LogP contribution in [0.3, 0.4) is 0 Å². The Morgan fingerprint density at radius 2 is 1.61 bits per heavy atom. The van der Waals surface area contributed by atoms with E-state index in [1.165, 1.54) is 49.6 Å². The highest BCUT2D eigenvalue weighted by Crippen LogP contribution is 2.28. The van der Waals surface area contributed by atoms with E-state index in [2.05, 4.69) is 5.32 Å². The molecular weight excluding hydrogens is 487 g/mol. The summed E-state index contributed by atoms with van der Waals surface area (Å²) in [6.45, 7) is -0.271. The van der Waals surface area contributed by atoms with Gasteiger partial charge in [0.15, 0.2) is 11.5 Å². The third-order valence-corrected chi connectivity index (χ3v) is 7.24. The highest BCUT2D eigenvalue weighted by Gasteiger charge is 2.29. The van der Waals surface area contributed by atoms with Crippen LogP contribution in [0, 0.1) is 5.82 Å². The average Bonchev–Trinajstić information content (AvgIpc) is 2.90. The lowest BCUT2D eigenvalue weighted by Gasteiger charge is -2.24. The first-order valence-corrected chi connectivity index (χ1v) is 12.6. The van der Waals surface area contributed by atoms with E-state index in [0.29, 0.717) is 36.6 Å². The minimum atomic E-state index is -4.23. The molecule has 0 spiro atoms. The van der Waals surface area contributed by atoms with Crippen LogP contribution >= 0.6 is 0 Å². The number of para-hydroxylation sites is 1. The number of carbonyl (C=O) groups excluding carboxylic acids is 1. The van der Waals surface area contributed by atoms with Crippen LogP contribution in [0.15, 0.2) is 71.6 Å². The molecule has 0 unspecified atom stereocenters. The molecule has 8 nitrogen and oxygen atoms in total. The van der Waals surface area contributed by atoms with Gasteiger partial charge in [-0.25, -0.2) is 12.8 Å². The fourth-order valence-electron chi connectivity index (χ4n) is 3.57. The number of nitrogens with zero attached hydrogens (tertiary/aromatic N) is 1. The van der Waals surface area contributed by atoms with Crippen LogP contribution in [-0.4, -0.2) is 48.7 Å². The van der Waals surface area contributed by atoms with Crippen molar-refractivity contribution in [1.29, 1.82) is 0 Å². The number of hydrogen-bond donors (Lipinski definition) is 1. The molecule has 0 saturated heterocycles. The molecule has 3 aromatic rings. The number of hydrogen-bond acceptors (Lipinski definition) is 6. The summed E-state index contributed by atoms with van der Waals surface area (Å²) in [4.78, 5) is 12.6. The van der Waals surface area contributed by atoms with Gasteiger partial charge in [-0.1, -0.05) is 18.2 Å². The van der Waals surface area contributed by atoms with Gasteiger partial charge in [0.2, 0.25) is 5.91 Å². The number of sulfonamides is 1. The van der Waals surface area contributed by atoms with Crippen molar-refractivity contribution < 1.29 is 31.8 Å². The molecule has 1 N–H and O–H groups in total. The van der Waals surface area contributed by atoms with E-state index in [-0.39, 0.29) is 10.6 Å². The predicted octanol–water partition coefficient (Wildman–Crippen LogP) is 3.80. The number of anilines is 1. The Balaban J connectivity index is 1.69. The van der Waals surface area contributed by atoms with Crippen molar-refractivity contribution in [2.24, 2.45) is 0 Å². The number of ether oxygens (including phenoxy) is 3. The number of methoxy groups -OCH3 is 3. The van der Waals surface area contributed by atoms with Gasteiger partial charge >= 0.3 is 0 Å². The lowest BCUT2D eigenvalue weighted by Crippen LogP contribution is -2.41. The van der Waals surface area contributed by atoms with Crippen molar-refractivity contribution in [3.8, 4) is 17.2 Å². The molecule has 0 saturated carbocycles. The summed E-state index contributed by atoms with van der Waals surface area (Å²) in [5.74, 6) is 0.404. The number of carbonyl (C=O) groups is 1. The first kappa shape index (κ1) is 26.8. The average molecular weight is 517 g/mol. The van der Waals surface area contributed by atoms with E-state index in [0.717, 1.165) is 15.9 Å². The Morgan fingerprint density at radius 1 is 0.917 bits per heavy atom. The van der Waals surface area contributed by atoms with E-state index in [1.54, 1.807) is 14.2 Å². The van der Waals surface area contributed by atoms with E-state index < -0.39 is 28.3 Å². The summed E-state index contributed by atoms with van der Waals surface area (Å²) in [5.41, 5.74) is 0.783. The van der Waals surface area contributed by atoms with E-state index in [4.69, 9.17) is 14.2 Å². The summed E-state index contributed by atoms with van der Waals surface area (Å²) in [6, 6.07) is 16.7. The molecule has 0 radical (unpaired) electrons. The largest absolute Gasteiger partial charge is 0.497 e. The second kappa shape index (κ2) is 12.3. The zero-order chi connectivity index (χ0) is 26.1. The number of aryl methyl sites for hydroxylation is 1. The van der Waals surface area contributed by atoms with Gasteiger partial charge < -0.3 is 19.5 Å². The predicted molar refractivity (Wildman–Crippen MR) is 135 cm³/mol. The second-order valence-electron chi connectivity index (χ2n) is 7.78. The van der Waals surface area contributed by atoms with Crippen LogP contribution < -0.4 is 23.8 Å². The molecule has 0 aliphatic rings. The lowest BCUT2D eigenvalue weighted by atomic mass is 10.1. The molecule has 0 aliphatic heterocycles. The first-order valence-electron chi connectivity index (χ1n) is 11.2. The molecule has 0 heterocycles. The van der Waals surface area contributed by atoms with Gasteiger partial charge in [-0.2, -0.15) is 0 Å². The van der Waals surface area contributed by atoms with Crippen molar-refractivity contribution in [2.45, 2.75) is 17.7 Å².